The number of thiazole rings is 1. The Bertz CT molecular complexity index is 1240. The molecule has 152 valence electrons. The SMILES string of the molecule is Cc1csc(=O)n1CCC(=O)NC(c1ccccc1)c1c(O)ccc2ccccc12. The van der Waals surface area contributed by atoms with Crippen LogP contribution in [0.3, 0.4) is 0 Å². The quantitative estimate of drug-likeness (QED) is 0.488. The molecule has 1 heterocycles. The van der Waals surface area contributed by atoms with E-state index in [1.165, 1.54) is 0 Å². The van der Waals surface area contributed by atoms with Gasteiger partial charge in [0.05, 0.1) is 6.04 Å². The first-order valence-electron chi connectivity index (χ1n) is 9.74. The Morgan fingerprint density at radius 2 is 1.80 bits per heavy atom. The lowest BCUT2D eigenvalue weighted by Gasteiger charge is -2.23. The number of carbonyl (C=O) groups is 1. The number of aryl methyl sites for hydroxylation is 1. The van der Waals surface area contributed by atoms with E-state index in [0.29, 0.717) is 12.1 Å². The molecular weight excluding hydrogens is 396 g/mol. The summed E-state index contributed by atoms with van der Waals surface area (Å²) >= 11 is 1.14. The van der Waals surface area contributed by atoms with Crippen LogP contribution in [0.15, 0.2) is 76.9 Å². The van der Waals surface area contributed by atoms with E-state index >= 15 is 0 Å². The minimum absolute atomic E-state index is 0.0633. The lowest BCUT2D eigenvalue weighted by atomic mass is 9.92. The largest absolute Gasteiger partial charge is 0.508 e. The lowest BCUT2D eigenvalue weighted by molar-refractivity contribution is -0.121. The molecule has 4 rings (SSSR count). The van der Waals surface area contributed by atoms with Gasteiger partial charge in [-0.1, -0.05) is 72.0 Å². The number of aromatic nitrogens is 1. The Balaban J connectivity index is 1.68. The first kappa shape index (κ1) is 19.9. The number of hydrogen-bond donors (Lipinski definition) is 2. The molecule has 2 N–H and O–H groups in total. The first-order chi connectivity index (χ1) is 14.5. The van der Waals surface area contributed by atoms with Crippen LogP contribution in [0.2, 0.25) is 0 Å². The number of amides is 1. The minimum Gasteiger partial charge on any atom is -0.508 e. The average molecular weight is 419 g/mol. The number of benzene rings is 3. The third-order valence-corrected chi connectivity index (χ3v) is 6.09. The molecule has 0 aliphatic heterocycles. The topological polar surface area (TPSA) is 71.3 Å². The van der Waals surface area contributed by atoms with E-state index in [2.05, 4.69) is 5.32 Å². The second-order valence-corrected chi connectivity index (χ2v) is 8.00. The van der Waals surface area contributed by atoms with E-state index in [0.717, 1.165) is 33.4 Å². The van der Waals surface area contributed by atoms with Gasteiger partial charge in [0.1, 0.15) is 5.75 Å². The number of nitrogens with zero attached hydrogens (tertiary/aromatic N) is 1. The van der Waals surface area contributed by atoms with Gasteiger partial charge in [-0.3, -0.25) is 9.59 Å². The molecule has 1 unspecified atom stereocenters. The summed E-state index contributed by atoms with van der Waals surface area (Å²) in [5.41, 5.74) is 2.39. The van der Waals surface area contributed by atoms with E-state index in [-0.39, 0.29) is 23.0 Å². The smallest absolute Gasteiger partial charge is 0.307 e. The van der Waals surface area contributed by atoms with Gasteiger partial charge in [-0.05, 0) is 29.3 Å². The number of rotatable bonds is 6. The van der Waals surface area contributed by atoms with Crippen molar-refractivity contribution in [1.82, 2.24) is 9.88 Å². The van der Waals surface area contributed by atoms with Gasteiger partial charge in [0.15, 0.2) is 0 Å². The highest BCUT2D eigenvalue weighted by atomic mass is 32.1. The van der Waals surface area contributed by atoms with Crippen LogP contribution in [0.1, 0.15) is 29.3 Å². The Morgan fingerprint density at radius 1 is 1.07 bits per heavy atom. The van der Waals surface area contributed by atoms with Gasteiger partial charge < -0.3 is 15.0 Å². The standard InChI is InChI=1S/C24H22N2O3S/c1-16-15-30-24(29)26(16)14-13-21(28)25-23(18-8-3-2-4-9-18)22-19-10-6-5-7-17(19)11-12-20(22)27/h2-12,15,23,27H,13-14H2,1H3,(H,25,28). The van der Waals surface area contributed by atoms with Crippen LogP contribution in [-0.2, 0) is 11.3 Å². The summed E-state index contributed by atoms with van der Waals surface area (Å²) in [6.45, 7) is 2.18. The molecule has 0 spiro atoms. The van der Waals surface area contributed by atoms with Crippen molar-refractivity contribution < 1.29 is 9.90 Å². The van der Waals surface area contributed by atoms with Crippen molar-refractivity contribution >= 4 is 28.0 Å². The van der Waals surface area contributed by atoms with Gasteiger partial charge in [0.2, 0.25) is 5.91 Å². The van der Waals surface area contributed by atoms with E-state index in [9.17, 15) is 14.7 Å². The van der Waals surface area contributed by atoms with Gasteiger partial charge >= 0.3 is 4.87 Å². The average Bonchev–Trinajstić information content (AvgIpc) is 3.09. The second-order valence-electron chi connectivity index (χ2n) is 7.18. The van der Waals surface area contributed by atoms with Crippen molar-refractivity contribution in [2.45, 2.75) is 25.9 Å². The second kappa shape index (κ2) is 8.55. The molecule has 0 aliphatic rings. The van der Waals surface area contributed by atoms with Crippen LogP contribution in [0, 0.1) is 6.92 Å². The molecule has 0 bridgehead atoms. The Kier molecular flexibility index (Phi) is 5.68. The van der Waals surface area contributed by atoms with E-state index in [1.807, 2.05) is 67.6 Å². The van der Waals surface area contributed by atoms with Crippen molar-refractivity contribution in [2.24, 2.45) is 0 Å². The molecule has 1 aromatic heterocycles. The Hall–Kier alpha value is -3.38. The van der Waals surface area contributed by atoms with Gasteiger partial charge in [0, 0.05) is 29.6 Å². The number of phenols is 1. The van der Waals surface area contributed by atoms with Crippen LogP contribution < -0.4 is 10.2 Å². The number of phenolic OH excluding ortho intramolecular Hbond substituents is 1. The van der Waals surface area contributed by atoms with Crippen molar-refractivity contribution in [3.05, 3.63) is 98.6 Å². The number of carbonyl (C=O) groups excluding carboxylic acids is 1. The predicted octanol–water partition coefficient (Wildman–Crippen LogP) is 4.37. The molecular formula is C24H22N2O3S. The highest BCUT2D eigenvalue weighted by Crippen LogP contribution is 2.35. The molecule has 30 heavy (non-hydrogen) atoms. The number of nitrogens with one attached hydrogen (secondary N) is 1. The molecule has 0 aliphatic carbocycles. The molecule has 0 radical (unpaired) electrons. The third-order valence-electron chi connectivity index (χ3n) is 5.21. The first-order valence-corrected chi connectivity index (χ1v) is 10.6. The van der Waals surface area contributed by atoms with Gasteiger partial charge in [-0.15, -0.1) is 0 Å². The maximum atomic E-state index is 12.9. The molecule has 1 amide bonds. The summed E-state index contributed by atoms with van der Waals surface area (Å²) in [6.07, 6.45) is 0.173. The summed E-state index contributed by atoms with van der Waals surface area (Å²) in [5, 5.41) is 17.4. The minimum atomic E-state index is -0.509. The Morgan fingerprint density at radius 3 is 2.53 bits per heavy atom. The summed E-state index contributed by atoms with van der Waals surface area (Å²) in [6, 6.07) is 20.4. The summed E-state index contributed by atoms with van der Waals surface area (Å²) in [5.74, 6) is -0.0542. The van der Waals surface area contributed by atoms with Crippen molar-refractivity contribution in [3.63, 3.8) is 0 Å². The zero-order valence-corrected chi connectivity index (χ0v) is 17.4. The zero-order valence-electron chi connectivity index (χ0n) is 16.5. The van der Waals surface area contributed by atoms with Crippen molar-refractivity contribution in [3.8, 4) is 5.75 Å². The predicted molar refractivity (Wildman–Crippen MR) is 120 cm³/mol. The maximum absolute atomic E-state index is 12.9. The molecule has 0 saturated carbocycles. The Labute approximate surface area is 178 Å². The van der Waals surface area contributed by atoms with Gasteiger partial charge in [-0.25, -0.2) is 0 Å². The van der Waals surface area contributed by atoms with Crippen LogP contribution in [-0.4, -0.2) is 15.6 Å². The van der Waals surface area contributed by atoms with E-state index < -0.39 is 6.04 Å². The number of aromatic hydroxyl groups is 1. The molecule has 1 atom stereocenters. The van der Waals surface area contributed by atoms with Crippen molar-refractivity contribution in [2.75, 3.05) is 0 Å². The maximum Gasteiger partial charge on any atom is 0.307 e. The highest BCUT2D eigenvalue weighted by molar-refractivity contribution is 7.07. The molecule has 5 nitrogen and oxygen atoms in total. The van der Waals surface area contributed by atoms with E-state index in [4.69, 9.17) is 0 Å². The molecule has 3 aromatic carbocycles. The van der Waals surface area contributed by atoms with Gasteiger partial charge in [-0.2, -0.15) is 0 Å². The third kappa shape index (κ3) is 4.00. The monoisotopic (exact) mass is 418 g/mol. The number of hydrogen-bond acceptors (Lipinski definition) is 4. The fraction of sp³-hybridized carbons (Fsp3) is 0.167. The highest BCUT2D eigenvalue weighted by Gasteiger charge is 2.22. The van der Waals surface area contributed by atoms with Crippen LogP contribution in [0.5, 0.6) is 5.75 Å². The zero-order chi connectivity index (χ0) is 21.1. The van der Waals surface area contributed by atoms with Crippen molar-refractivity contribution in [1.29, 1.82) is 0 Å². The van der Waals surface area contributed by atoms with Crippen LogP contribution in [0.25, 0.3) is 10.8 Å². The lowest BCUT2D eigenvalue weighted by Crippen LogP contribution is -2.31. The fourth-order valence-electron chi connectivity index (χ4n) is 3.68. The normalized spacial score (nSPS) is 12.0. The molecule has 6 heteroatoms. The molecule has 4 aromatic rings. The van der Waals surface area contributed by atoms with Gasteiger partial charge in [0.25, 0.3) is 0 Å². The molecule has 0 fully saturated rings. The molecule has 0 saturated heterocycles. The van der Waals surface area contributed by atoms with Crippen LogP contribution >= 0.6 is 11.3 Å². The van der Waals surface area contributed by atoms with Crippen LogP contribution in [0.4, 0.5) is 0 Å². The van der Waals surface area contributed by atoms with E-state index in [1.54, 1.807) is 16.0 Å². The summed E-state index contributed by atoms with van der Waals surface area (Å²) < 4.78 is 1.61. The summed E-state index contributed by atoms with van der Waals surface area (Å²) in [7, 11) is 0. The summed E-state index contributed by atoms with van der Waals surface area (Å²) in [4.78, 5) is 24.7. The number of fused-ring (bicyclic) bond motifs is 1. The fourth-order valence-corrected chi connectivity index (χ4v) is 4.44.